The molecule has 1 saturated heterocycles. The molecule has 0 aliphatic carbocycles. The molecule has 0 bridgehead atoms. The second kappa shape index (κ2) is 9.15. The second-order valence-electron chi connectivity index (χ2n) is 5.98. The Labute approximate surface area is 148 Å². The van der Waals surface area contributed by atoms with E-state index in [9.17, 15) is 4.79 Å². The molecule has 0 spiro atoms. The van der Waals surface area contributed by atoms with Crippen molar-refractivity contribution in [3.8, 4) is 0 Å². The summed E-state index contributed by atoms with van der Waals surface area (Å²) in [5.41, 5.74) is 2.51. The average Bonchev–Trinajstić information content (AvgIpc) is 2.68. The van der Waals surface area contributed by atoms with E-state index in [1.54, 1.807) is 12.3 Å². The van der Waals surface area contributed by atoms with Crippen molar-refractivity contribution in [3.63, 3.8) is 0 Å². The Morgan fingerprint density at radius 3 is 2.76 bits per heavy atom. The molecular formula is C19H24N4O2. The van der Waals surface area contributed by atoms with E-state index in [2.05, 4.69) is 32.7 Å². The zero-order valence-corrected chi connectivity index (χ0v) is 14.3. The molecule has 0 atom stereocenters. The van der Waals surface area contributed by atoms with E-state index in [4.69, 9.17) is 4.74 Å². The van der Waals surface area contributed by atoms with Gasteiger partial charge in [-0.05, 0) is 17.7 Å². The number of benzene rings is 1. The van der Waals surface area contributed by atoms with Gasteiger partial charge in [-0.2, -0.15) is 0 Å². The summed E-state index contributed by atoms with van der Waals surface area (Å²) in [6, 6.07) is 13.8. The van der Waals surface area contributed by atoms with Gasteiger partial charge in [0.05, 0.1) is 13.2 Å². The number of carbonyl (C=O) groups is 1. The quantitative estimate of drug-likeness (QED) is 0.804. The number of pyridine rings is 1. The van der Waals surface area contributed by atoms with Crippen LogP contribution in [0.1, 0.15) is 16.1 Å². The van der Waals surface area contributed by atoms with E-state index in [0.29, 0.717) is 18.8 Å². The maximum Gasteiger partial charge on any atom is 0.269 e. The lowest BCUT2D eigenvalue weighted by Gasteiger charge is -2.26. The third-order valence-corrected chi connectivity index (χ3v) is 4.15. The molecule has 1 aromatic heterocycles. The highest BCUT2D eigenvalue weighted by Crippen LogP contribution is 2.10. The minimum Gasteiger partial charge on any atom is -0.381 e. The molecule has 25 heavy (non-hydrogen) atoms. The van der Waals surface area contributed by atoms with Gasteiger partial charge >= 0.3 is 0 Å². The van der Waals surface area contributed by atoms with Gasteiger partial charge in [0.15, 0.2) is 0 Å². The molecule has 3 rings (SSSR count). The molecule has 1 amide bonds. The van der Waals surface area contributed by atoms with Crippen molar-refractivity contribution >= 4 is 11.6 Å². The van der Waals surface area contributed by atoms with E-state index in [1.165, 1.54) is 5.56 Å². The molecule has 1 aromatic carbocycles. The number of aromatic nitrogens is 1. The number of ether oxygens (including phenoxy) is 1. The van der Waals surface area contributed by atoms with Crippen molar-refractivity contribution in [3.05, 3.63) is 59.9 Å². The Balaban J connectivity index is 1.47. The summed E-state index contributed by atoms with van der Waals surface area (Å²) < 4.78 is 5.32. The summed E-state index contributed by atoms with van der Waals surface area (Å²) in [5, 5.41) is 6.26. The van der Waals surface area contributed by atoms with Crippen LogP contribution in [0.2, 0.25) is 0 Å². The summed E-state index contributed by atoms with van der Waals surface area (Å²) in [6.45, 7) is 5.54. The van der Waals surface area contributed by atoms with E-state index in [-0.39, 0.29) is 5.91 Å². The SMILES string of the molecule is O=C(NCCN1CCOCC1)c1cc(NCc2ccccc2)ccn1. The van der Waals surface area contributed by atoms with Gasteiger partial charge in [-0.3, -0.25) is 14.7 Å². The molecule has 2 N–H and O–H groups in total. The lowest BCUT2D eigenvalue weighted by atomic mass is 10.2. The van der Waals surface area contributed by atoms with Crippen LogP contribution in [-0.4, -0.2) is 55.2 Å². The molecular weight excluding hydrogens is 316 g/mol. The van der Waals surface area contributed by atoms with Gasteiger partial charge in [0, 0.05) is 44.6 Å². The number of hydrogen-bond donors (Lipinski definition) is 2. The fourth-order valence-electron chi connectivity index (χ4n) is 2.71. The molecule has 2 heterocycles. The fraction of sp³-hybridized carbons (Fsp3) is 0.368. The van der Waals surface area contributed by atoms with Crippen molar-refractivity contribution < 1.29 is 9.53 Å². The monoisotopic (exact) mass is 340 g/mol. The summed E-state index contributed by atoms with van der Waals surface area (Å²) in [7, 11) is 0. The molecule has 132 valence electrons. The van der Waals surface area contributed by atoms with Gasteiger partial charge in [-0.25, -0.2) is 0 Å². The van der Waals surface area contributed by atoms with Crippen molar-refractivity contribution in [1.29, 1.82) is 0 Å². The van der Waals surface area contributed by atoms with E-state index < -0.39 is 0 Å². The largest absolute Gasteiger partial charge is 0.381 e. The topological polar surface area (TPSA) is 66.5 Å². The maximum atomic E-state index is 12.3. The lowest BCUT2D eigenvalue weighted by molar-refractivity contribution is 0.0383. The Bertz CT molecular complexity index is 672. The van der Waals surface area contributed by atoms with Crippen molar-refractivity contribution in [1.82, 2.24) is 15.2 Å². The predicted octanol–water partition coefficient (Wildman–Crippen LogP) is 1.76. The normalized spacial score (nSPS) is 14.9. The van der Waals surface area contributed by atoms with Gasteiger partial charge in [0.25, 0.3) is 5.91 Å². The van der Waals surface area contributed by atoms with Gasteiger partial charge < -0.3 is 15.4 Å². The van der Waals surface area contributed by atoms with Crippen LogP contribution in [0, 0.1) is 0 Å². The summed E-state index contributed by atoms with van der Waals surface area (Å²) in [4.78, 5) is 18.7. The Hall–Kier alpha value is -2.44. The number of hydrogen-bond acceptors (Lipinski definition) is 5. The Morgan fingerprint density at radius 2 is 1.96 bits per heavy atom. The smallest absolute Gasteiger partial charge is 0.269 e. The van der Waals surface area contributed by atoms with Crippen LogP contribution in [0.5, 0.6) is 0 Å². The first kappa shape index (κ1) is 17.4. The minimum absolute atomic E-state index is 0.142. The summed E-state index contributed by atoms with van der Waals surface area (Å²) >= 11 is 0. The number of rotatable bonds is 7. The fourth-order valence-corrected chi connectivity index (χ4v) is 2.71. The highest BCUT2D eigenvalue weighted by molar-refractivity contribution is 5.93. The van der Waals surface area contributed by atoms with Crippen molar-refractivity contribution in [2.45, 2.75) is 6.54 Å². The number of morpholine rings is 1. The molecule has 6 heteroatoms. The number of nitrogens with one attached hydrogen (secondary N) is 2. The van der Waals surface area contributed by atoms with Crippen LogP contribution in [0.25, 0.3) is 0 Å². The molecule has 0 unspecified atom stereocenters. The zero-order valence-electron chi connectivity index (χ0n) is 14.3. The van der Waals surface area contributed by atoms with E-state index >= 15 is 0 Å². The molecule has 0 saturated carbocycles. The first-order valence-electron chi connectivity index (χ1n) is 8.63. The third kappa shape index (κ3) is 5.55. The van der Waals surface area contributed by atoms with E-state index in [0.717, 1.165) is 38.5 Å². The third-order valence-electron chi connectivity index (χ3n) is 4.15. The lowest BCUT2D eigenvalue weighted by Crippen LogP contribution is -2.41. The first-order chi connectivity index (χ1) is 12.3. The minimum atomic E-state index is -0.142. The molecule has 1 aliphatic rings. The van der Waals surface area contributed by atoms with Crippen molar-refractivity contribution in [2.75, 3.05) is 44.7 Å². The number of anilines is 1. The molecule has 6 nitrogen and oxygen atoms in total. The zero-order chi connectivity index (χ0) is 17.3. The van der Waals surface area contributed by atoms with Gasteiger partial charge in [0.2, 0.25) is 0 Å². The molecule has 1 aliphatic heterocycles. The van der Waals surface area contributed by atoms with Crippen LogP contribution >= 0.6 is 0 Å². The summed E-state index contributed by atoms with van der Waals surface area (Å²) in [5.74, 6) is -0.142. The van der Waals surface area contributed by atoms with Crippen molar-refractivity contribution in [2.24, 2.45) is 0 Å². The van der Waals surface area contributed by atoms with Crippen LogP contribution < -0.4 is 10.6 Å². The van der Waals surface area contributed by atoms with Crippen LogP contribution in [0.15, 0.2) is 48.7 Å². The maximum absolute atomic E-state index is 12.3. The van der Waals surface area contributed by atoms with Gasteiger partial charge in [0.1, 0.15) is 5.69 Å². The average molecular weight is 340 g/mol. The number of carbonyl (C=O) groups excluding carboxylic acids is 1. The van der Waals surface area contributed by atoms with Gasteiger partial charge in [-0.1, -0.05) is 30.3 Å². The molecule has 1 fully saturated rings. The van der Waals surface area contributed by atoms with E-state index in [1.807, 2.05) is 24.3 Å². The van der Waals surface area contributed by atoms with Crippen LogP contribution in [0.4, 0.5) is 5.69 Å². The number of nitrogens with zero attached hydrogens (tertiary/aromatic N) is 2. The summed E-state index contributed by atoms with van der Waals surface area (Å²) in [6.07, 6.45) is 1.66. The highest BCUT2D eigenvalue weighted by atomic mass is 16.5. The standard InChI is InChI=1S/C19H24N4O2/c24-19(21-8-9-23-10-12-25-13-11-23)18-14-17(6-7-20-18)22-15-16-4-2-1-3-5-16/h1-7,14H,8-13,15H2,(H,20,22)(H,21,24). The predicted molar refractivity (Wildman–Crippen MR) is 97.6 cm³/mol. The van der Waals surface area contributed by atoms with Gasteiger partial charge in [-0.15, -0.1) is 0 Å². The number of amides is 1. The Morgan fingerprint density at radius 1 is 1.16 bits per heavy atom. The Kier molecular flexibility index (Phi) is 6.36. The second-order valence-corrected chi connectivity index (χ2v) is 5.98. The molecule has 2 aromatic rings. The van der Waals surface area contributed by atoms with Crippen LogP contribution in [-0.2, 0) is 11.3 Å². The van der Waals surface area contributed by atoms with Crippen LogP contribution in [0.3, 0.4) is 0 Å². The highest BCUT2D eigenvalue weighted by Gasteiger charge is 2.11. The first-order valence-corrected chi connectivity index (χ1v) is 8.63. The molecule has 0 radical (unpaired) electrons.